The van der Waals surface area contributed by atoms with Crippen LogP contribution in [-0.4, -0.2) is 24.7 Å². The first-order valence-corrected chi connectivity index (χ1v) is 5.39. The Hall–Kier alpha value is -0.740. The Bertz CT molecular complexity index is 326. The highest BCUT2D eigenvalue weighted by Gasteiger charge is 2.14. The molecule has 78 valence electrons. The third kappa shape index (κ3) is 2.89. The van der Waals surface area contributed by atoms with Crippen LogP contribution in [0.4, 0.5) is 5.00 Å². The number of aliphatic carboxylic acids is 1. The van der Waals surface area contributed by atoms with Crippen molar-refractivity contribution in [1.29, 1.82) is 0 Å². The van der Waals surface area contributed by atoms with Gasteiger partial charge in [-0.05, 0) is 12.1 Å². The first-order chi connectivity index (χ1) is 6.50. The van der Waals surface area contributed by atoms with Crippen LogP contribution in [0.1, 0.15) is 6.92 Å². The van der Waals surface area contributed by atoms with Crippen molar-refractivity contribution in [2.45, 2.75) is 6.92 Å². The van der Waals surface area contributed by atoms with E-state index in [1.54, 1.807) is 6.92 Å². The molecule has 0 aliphatic rings. The first kappa shape index (κ1) is 11.3. The minimum Gasteiger partial charge on any atom is -0.481 e. The number of rotatable bonds is 4. The van der Waals surface area contributed by atoms with Gasteiger partial charge in [-0.25, -0.2) is 0 Å². The Morgan fingerprint density at radius 2 is 2.36 bits per heavy atom. The van der Waals surface area contributed by atoms with Crippen molar-refractivity contribution in [2.75, 3.05) is 18.5 Å². The first-order valence-electron chi connectivity index (χ1n) is 4.20. The van der Waals surface area contributed by atoms with E-state index < -0.39 is 5.97 Å². The molecular formula is C9H12ClNO2S. The number of carbonyl (C=O) groups is 1. The highest BCUT2D eigenvalue weighted by molar-refractivity contribution is 7.19. The van der Waals surface area contributed by atoms with Crippen molar-refractivity contribution >= 4 is 33.9 Å². The molecular weight excluding hydrogens is 222 g/mol. The van der Waals surface area contributed by atoms with Crippen LogP contribution in [0, 0.1) is 5.92 Å². The maximum Gasteiger partial charge on any atom is 0.308 e. The number of nitrogens with zero attached hydrogens (tertiary/aromatic N) is 1. The second-order valence-electron chi connectivity index (χ2n) is 3.20. The van der Waals surface area contributed by atoms with Gasteiger partial charge in [0, 0.05) is 13.6 Å². The van der Waals surface area contributed by atoms with Crippen LogP contribution in [0.15, 0.2) is 12.1 Å². The summed E-state index contributed by atoms with van der Waals surface area (Å²) in [4.78, 5) is 12.5. The summed E-state index contributed by atoms with van der Waals surface area (Å²) in [5.74, 6) is -1.15. The second kappa shape index (κ2) is 4.66. The fraction of sp³-hybridized carbons (Fsp3) is 0.444. The van der Waals surface area contributed by atoms with Crippen molar-refractivity contribution in [2.24, 2.45) is 5.92 Å². The minimum absolute atomic E-state index is 0.374. The number of halogens is 1. The van der Waals surface area contributed by atoms with Crippen LogP contribution in [0.3, 0.4) is 0 Å². The molecule has 1 unspecified atom stereocenters. The number of hydrogen-bond acceptors (Lipinski definition) is 3. The molecule has 0 amide bonds. The third-order valence-electron chi connectivity index (χ3n) is 1.90. The molecule has 14 heavy (non-hydrogen) atoms. The van der Waals surface area contributed by atoms with Gasteiger partial charge in [0.25, 0.3) is 0 Å². The Kier molecular flexibility index (Phi) is 3.77. The van der Waals surface area contributed by atoms with Gasteiger partial charge in [-0.15, -0.1) is 11.3 Å². The van der Waals surface area contributed by atoms with Crippen molar-refractivity contribution in [1.82, 2.24) is 0 Å². The van der Waals surface area contributed by atoms with Gasteiger partial charge in [0.1, 0.15) is 0 Å². The smallest absolute Gasteiger partial charge is 0.308 e. The molecule has 0 spiro atoms. The zero-order valence-electron chi connectivity index (χ0n) is 8.03. The lowest BCUT2D eigenvalue weighted by molar-refractivity contribution is -0.140. The van der Waals surface area contributed by atoms with Gasteiger partial charge in [0.15, 0.2) is 0 Å². The molecule has 1 atom stereocenters. The normalized spacial score (nSPS) is 12.5. The molecule has 0 aliphatic carbocycles. The predicted octanol–water partition coefficient (Wildman–Crippen LogP) is 2.56. The summed E-state index contributed by atoms with van der Waals surface area (Å²) in [5.41, 5.74) is 0. The molecule has 1 aromatic rings. The lowest BCUT2D eigenvalue weighted by atomic mass is 10.2. The van der Waals surface area contributed by atoms with Gasteiger partial charge in [-0.2, -0.15) is 0 Å². The maximum atomic E-state index is 10.6. The van der Waals surface area contributed by atoms with Crippen molar-refractivity contribution < 1.29 is 9.90 Å². The fourth-order valence-electron chi connectivity index (χ4n) is 1.09. The molecule has 0 saturated heterocycles. The number of carboxylic acids is 1. The SMILES string of the molecule is CC(CN(C)c1ccc(Cl)s1)C(=O)O. The molecule has 1 heterocycles. The van der Waals surface area contributed by atoms with Gasteiger partial charge in [-0.3, -0.25) is 4.79 Å². The molecule has 0 aromatic carbocycles. The Morgan fingerprint density at radius 3 is 2.79 bits per heavy atom. The second-order valence-corrected chi connectivity index (χ2v) is 4.89. The molecule has 0 fully saturated rings. The van der Waals surface area contributed by atoms with E-state index >= 15 is 0 Å². The van der Waals surface area contributed by atoms with Gasteiger partial charge in [0.05, 0.1) is 15.3 Å². The highest BCUT2D eigenvalue weighted by atomic mass is 35.5. The Labute approximate surface area is 91.9 Å². The summed E-state index contributed by atoms with van der Waals surface area (Å²) in [6, 6.07) is 3.70. The fourth-order valence-corrected chi connectivity index (χ4v) is 2.09. The lowest BCUT2D eigenvalue weighted by Gasteiger charge is -2.19. The van der Waals surface area contributed by atoms with Crippen molar-refractivity contribution in [3.8, 4) is 0 Å². The average molecular weight is 234 g/mol. The molecule has 1 aromatic heterocycles. The van der Waals surface area contributed by atoms with Crippen LogP contribution in [0.5, 0.6) is 0 Å². The molecule has 3 nitrogen and oxygen atoms in total. The number of thiophene rings is 1. The molecule has 5 heteroatoms. The van der Waals surface area contributed by atoms with Crippen LogP contribution in [-0.2, 0) is 4.79 Å². The standard InChI is InChI=1S/C9H12ClNO2S/c1-6(9(12)13)5-11(2)8-4-3-7(10)14-8/h3-4,6H,5H2,1-2H3,(H,12,13). The summed E-state index contributed by atoms with van der Waals surface area (Å²) in [6.07, 6.45) is 0. The zero-order valence-corrected chi connectivity index (χ0v) is 9.60. The van der Waals surface area contributed by atoms with Crippen molar-refractivity contribution in [3.63, 3.8) is 0 Å². The largest absolute Gasteiger partial charge is 0.481 e. The van der Waals surface area contributed by atoms with E-state index in [1.165, 1.54) is 11.3 Å². The van der Waals surface area contributed by atoms with Gasteiger partial charge >= 0.3 is 5.97 Å². The van der Waals surface area contributed by atoms with E-state index in [1.807, 2.05) is 24.1 Å². The summed E-state index contributed by atoms with van der Waals surface area (Å²) in [6.45, 7) is 2.18. The monoisotopic (exact) mass is 233 g/mol. The zero-order chi connectivity index (χ0) is 10.7. The molecule has 0 bridgehead atoms. The third-order valence-corrected chi connectivity index (χ3v) is 3.25. The van der Waals surface area contributed by atoms with E-state index in [0.29, 0.717) is 6.54 Å². The van der Waals surface area contributed by atoms with E-state index in [9.17, 15) is 4.79 Å². The molecule has 0 aliphatic heterocycles. The maximum absolute atomic E-state index is 10.6. The van der Waals surface area contributed by atoms with E-state index in [-0.39, 0.29) is 5.92 Å². The summed E-state index contributed by atoms with van der Waals surface area (Å²) < 4.78 is 0.717. The Balaban J connectivity index is 2.58. The molecule has 0 radical (unpaired) electrons. The van der Waals surface area contributed by atoms with Gasteiger partial charge < -0.3 is 10.0 Å². The molecule has 0 saturated carbocycles. The lowest BCUT2D eigenvalue weighted by Crippen LogP contribution is -2.27. The molecule has 1 N–H and O–H groups in total. The van der Waals surface area contributed by atoms with E-state index in [4.69, 9.17) is 16.7 Å². The minimum atomic E-state index is -0.778. The average Bonchev–Trinajstić information content (AvgIpc) is 2.51. The summed E-state index contributed by atoms with van der Waals surface area (Å²) in [5, 5.41) is 9.72. The Morgan fingerprint density at radius 1 is 1.71 bits per heavy atom. The van der Waals surface area contributed by atoms with Gasteiger partial charge in [-0.1, -0.05) is 18.5 Å². The summed E-state index contributed by atoms with van der Waals surface area (Å²) >= 11 is 7.23. The highest BCUT2D eigenvalue weighted by Crippen LogP contribution is 2.28. The number of anilines is 1. The van der Waals surface area contributed by atoms with Crippen LogP contribution in [0.25, 0.3) is 0 Å². The van der Waals surface area contributed by atoms with E-state index in [0.717, 1.165) is 9.34 Å². The van der Waals surface area contributed by atoms with Gasteiger partial charge in [0.2, 0.25) is 0 Å². The number of carboxylic acid groups (broad SMARTS) is 1. The molecule has 1 rings (SSSR count). The quantitative estimate of drug-likeness (QED) is 0.869. The predicted molar refractivity (Wildman–Crippen MR) is 59.4 cm³/mol. The number of hydrogen-bond donors (Lipinski definition) is 1. The summed E-state index contributed by atoms with van der Waals surface area (Å²) in [7, 11) is 1.86. The van der Waals surface area contributed by atoms with Crippen molar-refractivity contribution in [3.05, 3.63) is 16.5 Å². The topological polar surface area (TPSA) is 40.5 Å². The van der Waals surface area contributed by atoms with Crippen LogP contribution >= 0.6 is 22.9 Å². The van der Waals surface area contributed by atoms with E-state index in [2.05, 4.69) is 0 Å². The van der Waals surface area contributed by atoms with Crippen LogP contribution in [0.2, 0.25) is 4.34 Å². The van der Waals surface area contributed by atoms with Crippen LogP contribution < -0.4 is 4.90 Å².